The average Bonchev–Trinajstić information content (AvgIpc) is 3.63. The molecule has 1 aromatic carbocycles. The van der Waals surface area contributed by atoms with Crippen molar-refractivity contribution in [2.45, 2.75) is 104 Å². The molecule has 2 aliphatic rings. The predicted octanol–water partition coefficient (Wildman–Crippen LogP) is 5.40. The van der Waals surface area contributed by atoms with Crippen molar-refractivity contribution in [3.05, 3.63) is 52.0 Å². The minimum Gasteiger partial charge on any atom is -0.455 e. The Morgan fingerprint density at radius 3 is 2.42 bits per heavy atom. The number of piperidine rings is 1. The van der Waals surface area contributed by atoms with E-state index in [4.69, 9.17) is 14.5 Å². The largest absolute Gasteiger partial charge is 0.455 e. The van der Waals surface area contributed by atoms with Crippen LogP contribution in [0.2, 0.25) is 0 Å². The third kappa shape index (κ3) is 11.9. The second-order valence-corrected chi connectivity index (χ2v) is 16.0. The number of hydrogen-bond donors (Lipinski definition) is 1. The van der Waals surface area contributed by atoms with E-state index in [9.17, 15) is 19.2 Å². The van der Waals surface area contributed by atoms with E-state index in [1.807, 2.05) is 46.0 Å². The monoisotopic (exact) mass is 739 g/mol. The molecule has 1 N–H and O–H groups in total. The van der Waals surface area contributed by atoms with E-state index in [0.717, 1.165) is 50.9 Å². The Kier molecular flexibility index (Phi) is 16.2. The first-order chi connectivity index (χ1) is 24.9. The van der Waals surface area contributed by atoms with Crippen LogP contribution in [0.4, 0.5) is 0 Å². The van der Waals surface area contributed by atoms with Gasteiger partial charge in [0, 0.05) is 69.8 Å². The SMILES string of the molecule is CC[C@H](C)[C@H](CC(=O)[C@H]1CCCCN1C)C(=O)N(C)[C@H](C[C@@H](OC(C)=O)c1nc(C(=O)N[C@@H](Cc2ccccc2)CN2CCOCC2)cs1)C(C)C. The number of Topliss-reactive ketones (excluding diaryl/α,β-unsaturated/α-hetero) is 1. The Morgan fingerprint density at radius 2 is 1.79 bits per heavy atom. The Hall–Kier alpha value is -3.19. The number of benzene rings is 1. The van der Waals surface area contributed by atoms with Crippen molar-refractivity contribution in [2.24, 2.45) is 17.8 Å². The summed E-state index contributed by atoms with van der Waals surface area (Å²) in [6.07, 6.45) is 4.18. The minimum atomic E-state index is -0.750. The number of nitrogens with zero attached hydrogens (tertiary/aromatic N) is 4. The number of thiazole rings is 1. The van der Waals surface area contributed by atoms with Crippen LogP contribution < -0.4 is 5.32 Å². The number of esters is 1. The van der Waals surface area contributed by atoms with E-state index in [-0.39, 0.29) is 59.7 Å². The molecule has 0 radical (unpaired) electrons. The number of likely N-dealkylation sites (N-methyl/N-ethyl adjacent to an activating group) is 1. The molecule has 288 valence electrons. The molecule has 2 amide bonds. The minimum absolute atomic E-state index is 0.0198. The summed E-state index contributed by atoms with van der Waals surface area (Å²) >= 11 is 1.28. The zero-order valence-corrected chi connectivity index (χ0v) is 33.2. The van der Waals surface area contributed by atoms with Gasteiger partial charge in [-0.05, 0) is 50.3 Å². The smallest absolute Gasteiger partial charge is 0.303 e. The first-order valence-electron chi connectivity index (χ1n) is 19.1. The number of amides is 2. The van der Waals surface area contributed by atoms with Crippen molar-refractivity contribution < 1.29 is 28.7 Å². The molecule has 3 heterocycles. The van der Waals surface area contributed by atoms with Gasteiger partial charge in [0.15, 0.2) is 11.9 Å². The van der Waals surface area contributed by atoms with Gasteiger partial charge in [-0.25, -0.2) is 4.98 Å². The van der Waals surface area contributed by atoms with E-state index >= 15 is 0 Å². The highest BCUT2D eigenvalue weighted by molar-refractivity contribution is 7.09. The van der Waals surface area contributed by atoms with Gasteiger partial charge in [0.25, 0.3) is 5.91 Å². The zero-order chi connectivity index (χ0) is 37.8. The summed E-state index contributed by atoms with van der Waals surface area (Å²) in [5.74, 6) is -1.07. The quantitative estimate of drug-likeness (QED) is 0.201. The van der Waals surface area contributed by atoms with Gasteiger partial charge in [0.1, 0.15) is 10.7 Å². The van der Waals surface area contributed by atoms with E-state index < -0.39 is 18.0 Å². The number of ether oxygens (including phenoxy) is 2. The Morgan fingerprint density at radius 1 is 1.08 bits per heavy atom. The first kappa shape index (κ1) is 41.6. The van der Waals surface area contributed by atoms with Crippen molar-refractivity contribution in [3.8, 4) is 0 Å². The molecule has 1 aromatic heterocycles. The maximum atomic E-state index is 14.3. The number of carbonyl (C=O) groups excluding carboxylic acids is 4. The lowest BCUT2D eigenvalue weighted by atomic mass is 9.83. The number of nitrogens with one attached hydrogen (secondary N) is 1. The van der Waals surface area contributed by atoms with Crippen LogP contribution in [0.1, 0.15) is 100 Å². The summed E-state index contributed by atoms with van der Waals surface area (Å²) in [5.41, 5.74) is 1.40. The van der Waals surface area contributed by atoms with Gasteiger partial charge in [-0.15, -0.1) is 11.3 Å². The van der Waals surface area contributed by atoms with E-state index in [1.165, 1.54) is 18.3 Å². The molecule has 6 atom stereocenters. The van der Waals surface area contributed by atoms with Crippen LogP contribution >= 0.6 is 11.3 Å². The van der Waals surface area contributed by atoms with Gasteiger partial charge in [-0.2, -0.15) is 0 Å². The maximum absolute atomic E-state index is 14.3. The molecule has 4 rings (SSSR count). The first-order valence-corrected chi connectivity index (χ1v) is 20.0. The van der Waals surface area contributed by atoms with Gasteiger partial charge < -0.3 is 19.7 Å². The number of rotatable bonds is 18. The molecule has 11 nitrogen and oxygen atoms in total. The average molecular weight is 740 g/mol. The highest BCUT2D eigenvalue weighted by Crippen LogP contribution is 2.33. The number of hydrogen-bond acceptors (Lipinski definition) is 10. The molecule has 0 aliphatic carbocycles. The highest BCUT2D eigenvalue weighted by atomic mass is 32.1. The van der Waals surface area contributed by atoms with E-state index in [0.29, 0.717) is 37.6 Å². The molecule has 12 heteroatoms. The lowest BCUT2D eigenvalue weighted by molar-refractivity contribution is -0.149. The van der Waals surface area contributed by atoms with Crippen molar-refractivity contribution in [1.29, 1.82) is 0 Å². The summed E-state index contributed by atoms with van der Waals surface area (Å²) in [5, 5.41) is 5.43. The van der Waals surface area contributed by atoms with E-state index in [1.54, 1.807) is 17.3 Å². The van der Waals surface area contributed by atoms with Crippen molar-refractivity contribution in [3.63, 3.8) is 0 Å². The Bertz CT molecular complexity index is 1450. The number of aromatic nitrogens is 1. The normalized spacial score (nSPS) is 20.0. The predicted molar refractivity (Wildman–Crippen MR) is 204 cm³/mol. The lowest BCUT2D eigenvalue weighted by Crippen LogP contribution is -2.48. The number of morpholine rings is 1. The molecule has 0 spiro atoms. The van der Waals surface area contributed by atoms with Crippen molar-refractivity contribution in [2.75, 3.05) is 53.5 Å². The van der Waals surface area contributed by atoms with E-state index in [2.05, 4.69) is 34.2 Å². The molecular formula is C40H61N5O6S. The molecule has 0 bridgehead atoms. The third-order valence-corrected chi connectivity index (χ3v) is 11.8. The van der Waals surface area contributed by atoms with Crippen LogP contribution in [0.25, 0.3) is 0 Å². The van der Waals surface area contributed by atoms with Gasteiger partial charge in [0.2, 0.25) is 5.91 Å². The molecule has 2 saturated heterocycles. The third-order valence-electron chi connectivity index (χ3n) is 10.9. The summed E-state index contributed by atoms with van der Waals surface area (Å²) in [4.78, 5) is 64.8. The molecular weight excluding hydrogens is 679 g/mol. The highest BCUT2D eigenvalue weighted by Gasteiger charge is 2.37. The fourth-order valence-electron chi connectivity index (χ4n) is 7.53. The number of carbonyl (C=O) groups is 4. The van der Waals surface area contributed by atoms with Gasteiger partial charge in [-0.3, -0.25) is 29.0 Å². The molecule has 2 fully saturated rings. The zero-order valence-electron chi connectivity index (χ0n) is 32.3. The fraction of sp³-hybridized carbons (Fsp3) is 0.675. The topological polar surface area (TPSA) is 121 Å². The van der Waals surface area contributed by atoms with Gasteiger partial charge in [0.05, 0.1) is 19.3 Å². The Balaban J connectivity index is 1.49. The van der Waals surface area contributed by atoms with Crippen LogP contribution in [0, 0.1) is 17.8 Å². The van der Waals surface area contributed by atoms with Crippen LogP contribution in [-0.4, -0.2) is 115 Å². The molecule has 0 saturated carbocycles. The van der Waals surface area contributed by atoms with Gasteiger partial charge in [-0.1, -0.05) is 70.9 Å². The van der Waals surface area contributed by atoms with Crippen molar-refractivity contribution >= 4 is 34.9 Å². The second kappa shape index (κ2) is 20.3. The summed E-state index contributed by atoms with van der Waals surface area (Å²) < 4.78 is 11.4. The maximum Gasteiger partial charge on any atom is 0.303 e. The summed E-state index contributed by atoms with van der Waals surface area (Å²) in [7, 11) is 3.80. The summed E-state index contributed by atoms with van der Waals surface area (Å²) in [6.45, 7) is 14.1. The fourth-order valence-corrected chi connectivity index (χ4v) is 8.37. The molecule has 2 aliphatic heterocycles. The Labute approximate surface area is 314 Å². The lowest BCUT2D eigenvalue weighted by Gasteiger charge is -2.37. The van der Waals surface area contributed by atoms with Crippen LogP contribution in [0.5, 0.6) is 0 Å². The second-order valence-electron chi connectivity index (χ2n) is 15.1. The van der Waals surface area contributed by atoms with Crippen LogP contribution in [0.3, 0.4) is 0 Å². The molecule has 2 aromatic rings. The van der Waals surface area contributed by atoms with Gasteiger partial charge >= 0.3 is 5.97 Å². The number of likely N-dealkylation sites (tertiary alicyclic amines) is 1. The van der Waals surface area contributed by atoms with Crippen molar-refractivity contribution in [1.82, 2.24) is 25.0 Å². The summed E-state index contributed by atoms with van der Waals surface area (Å²) in [6, 6.07) is 9.52. The number of ketones is 1. The standard InChI is InChI=1S/C40H61N5O6S/c1-8-28(4)32(23-36(47)34-16-12-13-17-43(34)6)40(49)44(7)35(27(2)3)24-37(51-29(5)46)39-42-33(26-52-39)38(48)41-31(22-30-14-10-9-11-15-30)25-45-18-20-50-21-19-45/h9-11,14-15,26-28,31-32,34-35,37H,8,12-13,16-25H2,1-7H3,(H,41,48)/t28-,31-,32-,34+,35+,37+/m0/s1. The molecule has 0 unspecified atom stereocenters. The van der Waals surface area contributed by atoms with Crippen LogP contribution in [-0.2, 0) is 30.3 Å². The molecule has 52 heavy (non-hydrogen) atoms. The van der Waals surface area contributed by atoms with Crippen LogP contribution in [0.15, 0.2) is 35.7 Å².